The van der Waals surface area contributed by atoms with Crippen molar-refractivity contribution in [2.45, 2.75) is 20.8 Å². The third-order valence-corrected chi connectivity index (χ3v) is 1.92. The molecule has 1 N–H and O–H groups in total. The molecule has 3 heteroatoms. The molecule has 0 bridgehead atoms. The zero-order valence-electron chi connectivity index (χ0n) is 8.66. The van der Waals surface area contributed by atoms with E-state index in [9.17, 15) is 4.79 Å². The lowest BCUT2D eigenvalue weighted by atomic mass is 10.1. The Morgan fingerprint density at radius 2 is 1.93 bits per heavy atom. The van der Waals surface area contributed by atoms with Gasteiger partial charge < -0.3 is 0 Å². The minimum atomic E-state index is -0.155. The van der Waals surface area contributed by atoms with Gasteiger partial charge in [0, 0.05) is 12.5 Å². The molecule has 0 heterocycles. The van der Waals surface area contributed by atoms with Crippen molar-refractivity contribution in [3.8, 4) is 0 Å². The average Bonchev–Trinajstić information content (AvgIpc) is 2.15. The first-order chi connectivity index (χ1) is 6.61. The molecule has 1 aromatic carbocycles. The predicted octanol–water partition coefficient (Wildman–Crippen LogP) is 1.86. The maximum Gasteiger partial charge on any atom is 0.236 e. The number of aryl methyl sites for hydroxylation is 1. The van der Waals surface area contributed by atoms with Crippen LogP contribution in [0.25, 0.3) is 0 Å². The largest absolute Gasteiger partial charge is 0.274 e. The van der Waals surface area contributed by atoms with Gasteiger partial charge in [-0.25, -0.2) is 5.43 Å². The summed E-state index contributed by atoms with van der Waals surface area (Å²) in [7, 11) is 0. The Kier molecular flexibility index (Phi) is 3.40. The molecule has 0 spiro atoms. The van der Waals surface area contributed by atoms with E-state index >= 15 is 0 Å². The first-order valence-corrected chi connectivity index (χ1v) is 4.48. The van der Waals surface area contributed by atoms with E-state index in [2.05, 4.69) is 10.5 Å². The Bertz CT molecular complexity index is 369. The smallest absolute Gasteiger partial charge is 0.236 e. The summed E-state index contributed by atoms with van der Waals surface area (Å²) in [4.78, 5) is 10.6. The maximum atomic E-state index is 10.6. The van der Waals surface area contributed by atoms with Gasteiger partial charge in [0.2, 0.25) is 5.91 Å². The van der Waals surface area contributed by atoms with Gasteiger partial charge in [0.15, 0.2) is 0 Å². The summed E-state index contributed by atoms with van der Waals surface area (Å²) in [6.45, 7) is 5.33. The van der Waals surface area contributed by atoms with Crippen molar-refractivity contribution >= 4 is 11.6 Å². The first-order valence-electron chi connectivity index (χ1n) is 4.48. The lowest BCUT2D eigenvalue weighted by molar-refractivity contribution is -0.118. The second kappa shape index (κ2) is 4.56. The van der Waals surface area contributed by atoms with Crippen molar-refractivity contribution in [2.24, 2.45) is 5.10 Å². The summed E-state index contributed by atoms with van der Waals surface area (Å²) in [5.41, 5.74) is 5.45. The van der Waals surface area contributed by atoms with Gasteiger partial charge in [-0.15, -0.1) is 0 Å². The molecule has 0 aliphatic rings. The summed E-state index contributed by atoms with van der Waals surface area (Å²) >= 11 is 0. The van der Waals surface area contributed by atoms with Crippen LogP contribution in [0.15, 0.2) is 29.4 Å². The van der Waals surface area contributed by atoms with Crippen molar-refractivity contribution in [3.05, 3.63) is 35.4 Å². The summed E-state index contributed by atoms with van der Waals surface area (Å²) in [6.07, 6.45) is 0. The topological polar surface area (TPSA) is 41.5 Å². The van der Waals surface area contributed by atoms with E-state index in [1.807, 2.05) is 38.1 Å². The number of nitrogens with one attached hydrogen (secondary N) is 1. The van der Waals surface area contributed by atoms with E-state index < -0.39 is 0 Å². The number of rotatable bonds is 2. The van der Waals surface area contributed by atoms with Crippen molar-refractivity contribution < 1.29 is 4.79 Å². The van der Waals surface area contributed by atoms with Crippen LogP contribution in [-0.2, 0) is 4.79 Å². The van der Waals surface area contributed by atoms with Crippen LogP contribution in [0.1, 0.15) is 25.0 Å². The molecule has 0 radical (unpaired) electrons. The Morgan fingerprint density at radius 1 is 1.29 bits per heavy atom. The lowest BCUT2D eigenvalue weighted by Crippen LogP contribution is -2.15. The molecular weight excluding hydrogens is 176 g/mol. The molecule has 74 valence electrons. The fourth-order valence-corrected chi connectivity index (χ4v) is 1.20. The lowest BCUT2D eigenvalue weighted by Gasteiger charge is -2.04. The quantitative estimate of drug-likeness (QED) is 0.561. The van der Waals surface area contributed by atoms with Crippen LogP contribution in [-0.4, -0.2) is 11.6 Å². The molecule has 0 saturated carbocycles. The van der Waals surface area contributed by atoms with Crippen molar-refractivity contribution in [1.29, 1.82) is 0 Å². The number of amides is 1. The average molecular weight is 190 g/mol. The second-order valence-corrected chi connectivity index (χ2v) is 3.18. The molecule has 0 aliphatic heterocycles. The third kappa shape index (κ3) is 2.69. The fourth-order valence-electron chi connectivity index (χ4n) is 1.20. The zero-order valence-corrected chi connectivity index (χ0v) is 8.66. The van der Waals surface area contributed by atoms with Gasteiger partial charge in [-0.2, -0.15) is 5.10 Å². The Balaban J connectivity index is 2.89. The Morgan fingerprint density at radius 3 is 2.50 bits per heavy atom. The molecule has 0 atom stereocenters. The van der Waals surface area contributed by atoms with Gasteiger partial charge in [0.25, 0.3) is 0 Å². The van der Waals surface area contributed by atoms with Gasteiger partial charge in [0.05, 0.1) is 5.71 Å². The van der Waals surface area contributed by atoms with Gasteiger partial charge in [-0.3, -0.25) is 4.79 Å². The van der Waals surface area contributed by atoms with E-state index in [-0.39, 0.29) is 5.91 Å². The van der Waals surface area contributed by atoms with Crippen LogP contribution >= 0.6 is 0 Å². The zero-order chi connectivity index (χ0) is 10.6. The molecule has 1 aromatic rings. The molecular formula is C11H14N2O. The third-order valence-electron chi connectivity index (χ3n) is 1.92. The van der Waals surface area contributed by atoms with Gasteiger partial charge in [-0.1, -0.05) is 24.3 Å². The summed E-state index contributed by atoms with van der Waals surface area (Å²) in [5, 5.41) is 3.97. The summed E-state index contributed by atoms with van der Waals surface area (Å²) in [5.74, 6) is -0.155. The molecule has 0 fully saturated rings. The highest BCUT2D eigenvalue weighted by Gasteiger charge is 2.00. The van der Waals surface area contributed by atoms with E-state index in [1.54, 1.807) is 0 Å². The highest BCUT2D eigenvalue weighted by atomic mass is 16.2. The van der Waals surface area contributed by atoms with Crippen LogP contribution in [0.5, 0.6) is 0 Å². The van der Waals surface area contributed by atoms with Crippen LogP contribution in [0.2, 0.25) is 0 Å². The molecule has 3 nitrogen and oxygen atoms in total. The van der Waals surface area contributed by atoms with Crippen LogP contribution in [0.4, 0.5) is 0 Å². The van der Waals surface area contributed by atoms with Crippen LogP contribution in [0, 0.1) is 6.92 Å². The number of carbonyl (C=O) groups is 1. The number of nitrogens with zero attached hydrogens (tertiary/aromatic N) is 1. The Labute approximate surface area is 83.8 Å². The summed E-state index contributed by atoms with van der Waals surface area (Å²) < 4.78 is 0. The second-order valence-electron chi connectivity index (χ2n) is 3.18. The molecule has 14 heavy (non-hydrogen) atoms. The molecule has 0 unspecified atom stereocenters. The predicted molar refractivity (Wildman–Crippen MR) is 57.2 cm³/mol. The molecule has 0 saturated heterocycles. The van der Waals surface area contributed by atoms with E-state index in [0.29, 0.717) is 0 Å². The number of hydrogen-bond acceptors (Lipinski definition) is 2. The highest BCUT2D eigenvalue weighted by molar-refractivity contribution is 6.00. The van der Waals surface area contributed by atoms with Crippen molar-refractivity contribution in [3.63, 3.8) is 0 Å². The van der Waals surface area contributed by atoms with E-state index in [4.69, 9.17) is 0 Å². The van der Waals surface area contributed by atoms with Crippen LogP contribution in [0.3, 0.4) is 0 Å². The first kappa shape index (κ1) is 10.4. The number of hydrazone groups is 1. The number of hydrogen-bond donors (Lipinski definition) is 1. The minimum Gasteiger partial charge on any atom is -0.274 e. The van der Waals surface area contributed by atoms with Crippen molar-refractivity contribution in [2.75, 3.05) is 0 Å². The van der Waals surface area contributed by atoms with E-state index in [1.165, 1.54) is 6.92 Å². The van der Waals surface area contributed by atoms with Gasteiger partial charge in [-0.05, 0) is 19.4 Å². The van der Waals surface area contributed by atoms with E-state index in [0.717, 1.165) is 16.8 Å². The molecule has 0 aliphatic carbocycles. The van der Waals surface area contributed by atoms with Gasteiger partial charge in [0.1, 0.15) is 0 Å². The monoisotopic (exact) mass is 190 g/mol. The summed E-state index contributed by atoms with van der Waals surface area (Å²) in [6, 6.07) is 7.93. The highest BCUT2D eigenvalue weighted by Crippen LogP contribution is 2.07. The van der Waals surface area contributed by atoms with Crippen LogP contribution < -0.4 is 5.43 Å². The molecule has 1 rings (SSSR count). The van der Waals surface area contributed by atoms with Crippen molar-refractivity contribution in [1.82, 2.24) is 5.43 Å². The normalized spacial score (nSPS) is 11.2. The standard InChI is InChI=1S/C11H14N2O/c1-8-6-4-5-7-11(8)9(2)12-13-10(3)14/h4-7H,1-3H3,(H,13,14)/b12-9-. The maximum absolute atomic E-state index is 10.6. The SMILES string of the molecule is CC(=O)N/N=C(/C)c1ccccc1C. The minimum absolute atomic E-state index is 0.155. The molecule has 0 aromatic heterocycles. The number of benzene rings is 1. The Hall–Kier alpha value is -1.64. The molecule has 1 amide bonds. The van der Waals surface area contributed by atoms with Gasteiger partial charge >= 0.3 is 0 Å². The number of carbonyl (C=O) groups excluding carboxylic acids is 1. The fraction of sp³-hybridized carbons (Fsp3) is 0.273.